The van der Waals surface area contributed by atoms with E-state index in [-0.39, 0.29) is 11.9 Å². The molecule has 0 spiro atoms. The van der Waals surface area contributed by atoms with Crippen molar-refractivity contribution in [3.63, 3.8) is 0 Å². The van der Waals surface area contributed by atoms with Crippen molar-refractivity contribution >= 4 is 5.91 Å². The van der Waals surface area contributed by atoms with E-state index in [0.717, 1.165) is 25.9 Å². The number of ether oxygens (including phenoxy) is 1. The highest BCUT2D eigenvalue weighted by atomic mass is 16.5. The minimum absolute atomic E-state index is 0.0814. The molecule has 1 unspecified atom stereocenters. The lowest BCUT2D eigenvalue weighted by Gasteiger charge is -2.26. The summed E-state index contributed by atoms with van der Waals surface area (Å²) in [5, 5.41) is 3.03. The topological polar surface area (TPSA) is 67.6 Å². The van der Waals surface area contributed by atoms with Gasteiger partial charge in [-0.3, -0.25) is 9.69 Å². The normalized spacial score (nSPS) is 17.2. The van der Waals surface area contributed by atoms with Gasteiger partial charge in [0.1, 0.15) is 0 Å². The van der Waals surface area contributed by atoms with E-state index in [1.54, 1.807) is 0 Å². The van der Waals surface area contributed by atoms with Gasteiger partial charge >= 0.3 is 0 Å². The molecule has 5 nitrogen and oxygen atoms in total. The number of carbonyl (C=O) groups excluding carboxylic acids is 1. The Hall–Kier alpha value is -0.650. The lowest BCUT2D eigenvalue weighted by molar-refractivity contribution is -0.126. The molecule has 17 heavy (non-hydrogen) atoms. The van der Waals surface area contributed by atoms with E-state index in [2.05, 4.69) is 17.1 Å². The molecule has 0 aromatic carbocycles. The Balaban J connectivity index is 2.23. The molecule has 1 aliphatic carbocycles. The Morgan fingerprint density at radius 2 is 2.24 bits per heavy atom. The highest BCUT2D eigenvalue weighted by Crippen LogP contribution is 2.19. The van der Waals surface area contributed by atoms with Crippen molar-refractivity contribution in [2.45, 2.75) is 38.8 Å². The lowest BCUT2D eigenvalue weighted by Crippen LogP contribution is -2.46. The predicted octanol–water partition coefficient (Wildman–Crippen LogP) is -0.0493. The number of nitrogens with two attached hydrogens (primary N) is 1. The zero-order valence-electron chi connectivity index (χ0n) is 10.9. The summed E-state index contributed by atoms with van der Waals surface area (Å²) in [7, 11) is 0. The molecule has 0 radical (unpaired) electrons. The molecule has 100 valence electrons. The predicted molar refractivity (Wildman–Crippen MR) is 67.7 cm³/mol. The molecular weight excluding hydrogens is 218 g/mol. The van der Waals surface area contributed by atoms with E-state index in [1.807, 2.05) is 6.92 Å². The maximum Gasteiger partial charge on any atom is 0.237 e. The van der Waals surface area contributed by atoms with Crippen LogP contribution < -0.4 is 11.1 Å². The Morgan fingerprint density at radius 3 is 2.76 bits per heavy atom. The van der Waals surface area contributed by atoms with Crippen molar-refractivity contribution < 1.29 is 9.53 Å². The smallest absolute Gasteiger partial charge is 0.237 e. The van der Waals surface area contributed by atoms with Gasteiger partial charge in [-0.25, -0.2) is 0 Å². The van der Waals surface area contributed by atoms with Crippen molar-refractivity contribution in [2.24, 2.45) is 5.73 Å². The van der Waals surface area contributed by atoms with Gasteiger partial charge in [0.25, 0.3) is 0 Å². The zero-order valence-corrected chi connectivity index (χ0v) is 10.9. The first-order chi connectivity index (χ1) is 8.19. The summed E-state index contributed by atoms with van der Waals surface area (Å²) in [6.45, 7) is 7.39. The van der Waals surface area contributed by atoms with E-state index >= 15 is 0 Å². The molecule has 1 saturated carbocycles. The summed E-state index contributed by atoms with van der Waals surface area (Å²) in [4.78, 5) is 14.0. The van der Waals surface area contributed by atoms with Crippen LogP contribution in [0.15, 0.2) is 0 Å². The van der Waals surface area contributed by atoms with Crippen molar-refractivity contribution in [3.8, 4) is 0 Å². The van der Waals surface area contributed by atoms with Crippen LogP contribution in [0.4, 0.5) is 0 Å². The van der Waals surface area contributed by atoms with Gasteiger partial charge in [0.2, 0.25) is 5.91 Å². The van der Waals surface area contributed by atoms with Gasteiger partial charge in [-0.1, -0.05) is 6.92 Å². The number of likely N-dealkylation sites (N-methyl/N-ethyl adjacent to an activating group) is 1. The zero-order chi connectivity index (χ0) is 12.7. The largest absolute Gasteiger partial charge is 0.379 e. The average Bonchev–Trinajstić information content (AvgIpc) is 3.12. The van der Waals surface area contributed by atoms with E-state index in [1.165, 1.54) is 0 Å². The fourth-order valence-corrected chi connectivity index (χ4v) is 1.71. The lowest BCUT2D eigenvalue weighted by atomic mass is 10.2. The van der Waals surface area contributed by atoms with Crippen LogP contribution in [0.2, 0.25) is 0 Å². The van der Waals surface area contributed by atoms with E-state index in [4.69, 9.17) is 10.5 Å². The minimum Gasteiger partial charge on any atom is -0.379 e. The average molecular weight is 243 g/mol. The summed E-state index contributed by atoms with van der Waals surface area (Å²) in [5.41, 5.74) is 5.34. The Labute approximate surface area is 104 Å². The SMILES string of the molecule is CCN(CCOCCN)C(C)C(=O)NC1CC1. The van der Waals surface area contributed by atoms with Crippen LogP contribution in [0.5, 0.6) is 0 Å². The summed E-state index contributed by atoms with van der Waals surface area (Å²) < 4.78 is 5.34. The molecule has 0 aromatic heterocycles. The number of carbonyl (C=O) groups is 1. The van der Waals surface area contributed by atoms with E-state index < -0.39 is 0 Å². The first-order valence-electron chi connectivity index (χ1n) is 6.51. The molecule has 0 saturated heterocycles. The summed E-state index contributed by atoms with van der Waals surface area (Å²) in [5.74, 6) is 0.133. The minimum atomic E-state index is -0.0814. The van der Waals surface area contributed by atoms with Crippen LogP contribution in [0, 0.1) is 0 Å². The highest BCUT2D eigenvalue weighted by Gasteiger charge is 2.27. The fraction of sp³-hybridized carbons (Fsp3) is 0.917. The molecule has 1 fully saturated rings. The monoisotopic (exact) mass is 243 g/mol. The summed E-state index contributed by atoms with van der Waals surface area (Å²) >= 11 is 0. The number of nitrogens with zero attached hydrogens (tertiary/aromatic N) is 1. The fourth-order valence-electron chi connectivity index (χ4n) is 1.71. The van der Waals surface area contributed by atoms with Gasteiger partial charge in [-0.2, -0.15) is 0 Å². The van der Waals surface area contributed by atoms with Gasteiger partial charge in [0.15, 0.2) is 0 Å². The standard InChI is InChI=1S/C12H25N3O2/c1-3-15(7-9-17-8-6-13)10(2)12(16)14-11-4-5-11/h10-11H,3-9,13H2,1-2H3,(H,14,16). The third-order valence-corrected chi connectivity index (χ3v) is 3.04. The Bertz CT molecular complexity index is 232. The van der Waals surface area contributed by atoms with Crippen molar-refractivity contribution in [3.05, 3.63) is 0 Å². The molecule has 3 N–H and O–H groups in total. The van der Waals surface area contributed by atoms with E-state index in [9.17, 15) is 4.79 Å². The van der Waals surface area contributed by atoms with Crippen molar-refractivity contribution in [1.29, 1.82) is 0 Å². The van der Waals surface area contributed by atoms with Crippen LogP contribution in [-0.4, -0.2) is 55.7 Å². The summed E-state index contributed by atoms with van der Waals surface area (Å²) in [6.07, 6.45) is 2.26. The molecule has 1 atom stereocenters. The van der Waals surface area contributed by atoms with Gasteiger partial charge in [0.05, 0.1) is 19.3 Å². The van der Waals surface area contributed by atoms with Crippen LogP contribution in [0.3, 0.4) is 0 Å². The maximum absolute atomic E-state index is 11.9. The van der Waals surface area contributed by atoms with Crippen LogP contribution >= 0.6 is 0 Å². The quantitative estimate of drug-likeness (QED) is 0.557. The highest BCUT2D eigenvalue weighted by molar-refractivity contribution is 5.81. The molecule has 0 aromatic rings. The molecule has 0 bridgehead atoms. The number of hydrogen-bond acceptors (Lipinski definition) is 4. The van der Waals surface area contributed by atoms with Gasteiger partial charge in [-0.15, -0.1) is 0 Å². The molecule has 1 rings (SSSR count). The maximum atomic E-state index is 11.9. The van der Waals surface area contributed by atoms with Gasteiger partial charge in [-0.05, 0) is 26.3 Å². The Morgan fingerprint density at radius 1 is 1.53 bits per heavy atom. The van der Waals surface area contributed by atoms with Gasteiger partial charge in [0, 0.05) is 19.1 Å². The molecular formula is C12H25N3O2. The second-order valence-electron chi connectivity index (χ2n) is 4.49. The third-order valence-electron chi connectivity index (χ3n) is 3.04. The first kappa shape index (κ1) is 14.4. The van der Waals surface area contributed by atoms with E-state index in [0.29, 0.717) is 25.8 Å². The number of nitrogens with one attached hydrogen (secondary N) is 1. The number of rotatable bonds is 9. The number of amides is 1. The molecule has 5 heteroatoms. The number of hydrogen-bond donors (Lipinski definition) is 2. The first-order valence-corrected chi connectivity index (χ1v) is 6.51. The van der Waals surface area contributed by atoms with Crippen LogP contribution in [0.25, 0.3) is 0 Å². The molecule has 0 aliphatic heterocycles. The summed E-state index contributed by atoms with van der Waals surface area (Å²) in [6, 6.07) is 0.347. The van der Waals surface area contributed by atoms with Crippen LogP contribution in [-0.2, 0) is 9.53 Å². The molecule has 0 heterocycles. The second kappa shape index (κ2) is 7.63. The third kappa shape index (κ3) is 5.48. The van der Waals surface area contributed by atoms with Crippen molar-refractivity contribution in [1.82, 2.24) is 10.2 Å². The molecule has 1 amide bonds. The molecule has 1 aliphatic rings. The van der Waals surface area contributed by atoms with Crippen LogP contribution in [0.1, 0.15) is 26.7 Å². The second-order valence-corrected chi connectivity index (χ2v) is 4.49. The van der Waals surface area contributed by atoms with Crippen molar-refractivity contribution in [2.75, 3.05) is 32.8 Å². The van der Waals surface area contributed by atoms with Gasteiger partial charge < -0.3 is 15.8 Å². The Kier molecular flexibility index (Phi) is 6.47.